The third-order valence-electron chi connectivity index (χ3n) is 3.53. The normalized spacial score (nSPS) is 12.3. The molecule has 7 heteroatoms. The first-order valence-electron chi connectivity index (χ1n) is 7.66. The van der Waals surface area contributed by atoms with Crippen molar-refractivity contribution in [2.24, 2.45) is 5.92 Å². The molecule has 0 aliphatic carbocycles. The Kier molecular flexibility index (Phi) is 5.70. The maximum Gasteiger partial charge on any atom is 0.320 e. The Bertz CT molecular complexity index is 723. The fourth-order valence-corrected chi connectivity index (χ4v) is 2.37. The molecule has 2 aromatic rings. The number of rotatable bonds is 8. The Labute approximate surface area is 139 Å². The molecule has 1 atom stereocenters. The van der Waals surface area contributed by atoms with E-state index < -0.39 is 16.9 Å². The fourth-order valence-electron chi connectivity index (χ4n) is 2.37. The Balaban J connectivity index is 2.06. The number of carboxylic acid groups (broad SMARTS) is 1. The number of nitrogens with one attached hydrogen (secondary N) is 1. The van der Waals surface area contributed by atoms with Crippen LogP contribution < -0.4 is 5.32 Å². The largest absolute Gasteiger partial charge is 0.480 e. The van der Waals surface area contributed by atoms with Gasteiger partial charge in [-0.05, 0) is 24.5 Å². The Morgan fingerprint density at radius 1 is 1.33 bits per heavy atom. The zero-order valence-electron chi connectivity index (χ0n) is 13.6. The van der Waals surface area contributed by atoms with Crippen LogP contribution in [-0.2, 0) is 11.3 Å². The second-order valence-corrected chi connectivity index (χ2v) is 5.97. The van der Waals surface area contributed by atoms with Crippen molar-refractivity contribution in [2.75, 3.05) is 0 Å². The maximum absolute atomic E-state index is 11.2. The van der Waals surface area contributed by atoms with Crippen molar-refractivity contribution in [3.8, 4) is 11.3 Å². The van der Waals surface area contributed by atoms with E-state index in [0.29, 0.717) is 23.5 Å². The molecule has 128 valence electrons. The van der Waals surface area contributed by atoms with Gasteiger partial charge in [-0.15, -0.1) is 0 Å². The number of nitro benzene ring substituents is 1. The van der Waals surface area contributed by atoms with Gasteiger partial charge in [0.05, 0.1) is 11.5 Å². The smallest absolute Gasteiger partial charge is 0.320 e. The molecule has 0 aliphatic heterocycles. The monoisotopic (exact) mass is 332 g/mol. The van der Waals surface area contributed by atoms with Crippen molar-refractivity contribution in [1.29, 1.82) is 0 Å². The molecule has 0 fully saturated rings. The summed E-state index contributed by atoms with van der Waals surface area (Å²) in [5.41, 5.74) is 0.596. The van der Waals surface area contributed by atoms with E-state index in [2.05, 4.69) is 5.32 Å². The van der Waals surface area contributed by atoms with Crippen LogP contribution in [-0.4, -0.2) is 22.0 Å². The number of nitro groups is 1. The van der Waals surface area contributed by atoms with Gasteiger partial charge in [0.1, 0.15) is 17.6 Å². The Hall–Kier alpha value is -2.67. The lowest BCUT2D eigenvalue weighted by Gasteiger charge is -2.15. The molecule has 0 spiro atoms. The standard InChI is InChI=1S/C17H20N2O5/c1-11(2)8-15(17(20)21)18-10-14-6-7-16(24-14)12-4-3-5-13(9-12)19(22)23/h3-7,9,11,15,18H,8,10H2,1-2H3,(H,20,21). The van der Waals surface area contributed by atoms with E-state index in [1.54, 1.807) is 24.3 Å². The molecule has 0 saturated heterocycles. The average Bonchev–Trinajstić information content (AvgIpc) is 3.00. The SMILES string of the molecule is CC(C)CC(NCc1ccc(-c2cccc([N+](=O)[O-])c2)o1)C(=O)O. The molecule has 1 heterocycles. The summed E-state index contributed by atoms with van der Waals surface area (Å²) < 4.78 is 5.66. The zero-order valence-corrected chi connectivity index (χ0v) is 13.6. The average molecular weight is 332 g/mol. The van der Waals surface area contributed by atoms with Gasteiger partial charge >= 0.3 is 5.97 Å². The van der Waals surface area contributed by atoms with E-state index in [-0.39, 0.29) is 18.2 Å². The third kappa shape index (κ3) is 4.66. The lowest BCUT2D eigenvalue weighted by atomic mass is 10.0. The van der Waals surface area contributed by atoms with Gasteiger partial charge in [0.25, 0.3) is 5.69 Å². The third-order valence-corrected chi connectivity index (χ3v) is 3.53. The van der Waals surface area contributed by atoms with Gasteiger partial charge in [-0.1, -0.05) is 26.0 Å². The second-order valence-electron chi connectivity index (χ2n) is 5.97. The number of aliphatic carboxylic acids is 1. The highest BCUT2D eigenvalue weighted by molar-refractivity contribution is 5.73. The first-order valence-corrected chi connectivity index (χ1v) is 7.66. The lowest BCUT2D eigenvalue weighted by molar-refractivity contribution is -0.384. The van der Waals surface area contributed by atoms with Crippen molar-refractivity contribution in [1.82, 2.24) is 5.32 Å². The number of carbonyl (C=O) groups is 1. The molecule has 7 nitrogen and oxygen atoms in total. The number of nitrogens with zero attached hydrogens (tertiary/aromatic N) is 1. The summed E-state index contributed by atoms with van der Waals surface area (Å²) in [6.45, 7) is 4.20. The molecule has 2 rings (SSSR count). The predicted octanol–water partition coefficient (Wildman–Crippen LogP) is 3.44. The van der Waals surface area contributed by atoms with Crippen LogP contribution in [0, 0.1) is 16.0 Å². The maximum atomic E-state index is 11.2. The van der Waals surface area contributed by atoms with E-state index in [0.717, 1.165) is 0 Å². The van der Waals surface area contributed by atoms with Gasteiger partial charge in [0.15, 0.2) is 0 Å². The first-order chi connectivity index (χ1) is 11.4. The van der Waals surface area contributed by atoms with E-state index in [9.17, 15) is 20.0 Å². The van der Waals surface area contributed by atoms with Crippen LogP contribution in [0.1, 0.15) is 26.0 Å². The van der Waals surface area contributed by atoms with Crippen molar-refractivity contribution in [2.45, 2.75) is 32.9 Å². The molecule has 0 aliphatic rings. The summed E-state index contributed by atoms with van der Waals surface area (Å²) in [6.07, 6.45) is 0.522. The number of non-ortho nitro benzene ring substituents is 1. The molecule has 2 N–H and O–H groups in total. The summed E-state index contributed by atoms with van der Waals surface area (Å²) in [4.78, 5) is 21.6. The minimum absolute atomic E-state index is 0.00792. The highest BCUT2D eigenvalue weighted by atomic mass is 16.6. The summed E-state index contributed by atoms with van der Waals surface area (Å²) in [5.74, 6) is 0.447. The zero-order chi connectivity index (χ0) is 17.7. The number of benzene rings is 1. The molecule has 24 heavy (non-hydrogen) atoms. The van der Waals surface area contributed by atoms with Crippen LogP contribution in [0.25, 0.3) is 11.3 Å². The Morgan fingerprint density at radius 2 is 2.08 bits per heavy atom. The van der Waals surface area contributed by atoms with Gasteiger partial charge in [-0.3, -0.25) is 20.2 Å². The second kappa shape index (κ2) is 7.74. The van der Waals surface area contributed by atoms with Gasteiger partial charge in [0.2, 0.25) is 0 Å². The molecule has 1 unspecified atom stereocenters. The number of hydrogen-bond acceptors (Lipinski definition) is 5. The summed E-state index contributed by atoms with van der Waals surface area (Å²) >= 11 is 0. The molecular weight excluding hydrogens is 312 g/mol. The number of carboxylic acids is 1. The van der Waals surface area contributed by atoms with Crippen LogP contribution >= 0.6 is 0 Å². The number of furan rings is 1. The van der Waals surface area contributed by atoms with Crippen LogP contribution in [0.2, 0.25) is 0 Å². The topological polar surface area (TPSA) is 106 Å². The molecule has 0 saturated carbocycles. The predicted molar refractivity (Wildman–Crippen MR) is 88.5 cm³/mol. The van der Waals surface area contributed by atoms with Gasteiger partial charge in [-0.2, -0.15) is 0 Å². The molecule has 1 aromatic carbocycles. The van der Waals surface area contributed by atoms with Crippen molar-refractivity contribution in [3.05, 3.63) is 52.3 Å². The van der Waals surface area contributed by atoms with E-state index in [1.807, 2.05) is 13.8 Å². The summed E-state index contributed by atoms with van der Waals surface area (Å²) in [5, 5.41) is 23.0. The van der Waals surface area contributed by atoms with Crippen molar-refractivity contribution < 1.29 is 19.2 Å². The minimum atomic E-state index is -0.894. The van der Waals surface area contributed by atoms with Crippen LogP contribution in [0.3, 0.4) is 0 Å². The van der Waals surface area contributed by atoms with E-state index in [1.165, 1.54) is 12.1 Å². The van der Waals surface area contributed by atoms with E-state index in [4.69, 9.17) is 4.42 Å². The van der Waals surface area contributed by atoms with Crippen LogP contribution in [0.5, 0.6) is 0 Å². The summed E-state index contributed by atoms with van der Waals surface area (Å²) in [6, 6.07) is 8.98. The van der Waals surface area contributed by atoms with Crippen molar-refractivity contribution >= 4 is 11.7 Å². The van der Waals surface area contributed by atoms with Crippen LogP contribution in [0.15, 0.2) is 40.8 Å². The molecule has 1 aromatic heterocycles. The molecular formula is C17H20N2O5. The highest BCUT2D eigenvalue weighted by Gasteiger charge is 2.19. The van der Waals surface area contributed by atoms with Gasteiger partial charge in [0, 0.05) is 17.7 Å². The Morgan fingerprint density at radius 3 is 2.71 bits per heavy atom. The lowest BCUT2D eigenvalue weighted by Crippen LogP contribution is -2.37. The first kappa shape index (κ1) is 17.7. The molecule has 0 bridgehead atoms. The van der Waals surface area contributed by atoms with Crippen LogP contribution in [0.4, 0.5) is 5.69 Å². The molecule has 0 radical (unpaired) electrons. The fraction of sp³-hybridized carbons (Fsp3) is 0.353. The van der Waals surface area contributed by atoms with Gasteiger partial charge in [-0.25, -0.2) is 0 Å². The summed E-state index contributed by atoms with van der Waals surface area (Å²) in [7, 11) is 0. The quantitative estimate of drug-likeness (QED) is 0.566. The number of hydrogen-bond donors (Lipinski definition) is 2. The minimum Gasteiger partial charge on any atom is -0.480 e. The van der Waals surface area contributed by atoms with Crippen molar-refractivity contribution in [3.63, 3.8) is 0 Å². The van der Waals surface area contributed by atoms with Gasteiger partial charge < -0.3 is 9.52 Å². The highest BCUT2D eigenvalue weighted by Crippen LogP contribution is 2.25. The van der Waals surface area contributed by atoms with E-state index >= 15 is 0 Å². The molecule has 0 amide bonds.